The number of ether oxygens (including phenoxy) is 1. The van der Waals surface area contributed by atoms with Crippen LogP contribution in [0.2, 0.25) is 0 Å². The second-order valence-electron chi connectivity index (χ2n) is 4.92. The minimum atomic E-state index is -0.230. The highest BCUT2D eigenvalue weighted by Gasteiger charge is 2.28. The first-order valence-electron chi connectivity index (χ1n) is 6.79. The number of amides is 3. The molecule has 0 aromatic heterocycles. The molecule has 0 radical (unpaired) electrons. The first-order valence-corrected chi connectivity index (χ1v) is 6.79. The molecule has 0 atom stereocenters. The number of likely N-dealkylation sites (tertiary alicyclic amines) is 1. The summed E-state index contributed by atoms with van der Waals surface area (Å²) in [6.07, 6.45) is 0.596. The molecule has 1 heterocycles. The number of aryl methyl sites for hydroxylation is 1. The van der Waals surface area contributed by atoms with Crippen LogP contribution < -0.4 is 10.1 Å². The predicted molar refractivity (Wildman–Crippen MR) is 76.9 cm³/mol. The van der Waals surface area contributed by atoms with Gasteiger partial charge in [0.15, 0.2) is 0 Å². The summed E-state index contributed by atoms with van der Waals surface area (Å²) < 4.78 is 5.15. The van der Waals surface area contributed by atoms with Gasteiger partial charge in [-0.25, -0.2) is 0 Å². The molecule has 0 bridgehead atoms. The first kappa shape index (κ1) is 15.0. The fraction of sp³-hybridized carbons (Fsp3) is 0.400. The summed E-state index contributed by atoms with van der Waals surface area (Å²) in [5.41, 5.74) is 1.58. The Hall–Kier alpha value is -2.37. The normalized spacial score (nSPS) is 14.5. The molecule has 1 aromatic carbocycles. The summed E-state index contributed by atoms with van der Waals surface area (Å²) in [6.45, 7) is 2.02. The highest BCUT2D eigenvalue weighted by molar-refractivity contribution is 6.02. The van der Waals surface area contributed by atoms with E-state index in [4.69, 9.17) is 4.74 Å². The van der Waals surface area contributed by atoms with Crippen molar-refractivity contribution < 1.29 is 19.1 Å². The lowest BCUT2D eigenvalue weighted by Gasteiger charge is -2.13. The average Bonchev–Trinajstić information content (AvgIpc) is 2.76. The Morgan fingerprint density at radius 2 is 1.95 bits per heavy atom. The number of carbonyl (C=O) groups is 3. The average molecular weight is 290 g/mol. The van der Waals surface area contributed by atoms with Gasteiger partial charge in [0.2, 0.25) is 17.7 Å². The molecule has 1 N–H and O–H groups in total. The maximum atomic E-state index is 11.9. The number of nitrogens with zero attached hydrogens (tertiary/aromatic N) is 1. The second-order valence-corrected chi connectivity index (χ2v) is 4.92. The molecular formula is C15H18N2O4. The Labute approximate surface area is 123 Å². The van der Waals surface area contributed by atoms with Crippen LogP contribution in [0.1, 0.15) is 24.8 Å². The van der Waals surface area contributed by atoms with Crippen LogP contribution in [-0.4, -0.2) is 36.3 Å². The lowest BCUT2D eigenvalue weighted by molar-refractivity contribution is -0.138. The molecule has 0 saturated carbocycles. The molecule has 1 aliphatic rings. The van der Waals surface area contributed by atoms with E-state index in [1.165, 1.54) is 0 Å². The van der Waals surface area contributed by atoms with Crippen molar-refractivity contribution in [1.82, 2.24) is 4.90 Å². The van der Waals surface area contributed by atoms with E-state index in [0.717, 1.165) is 16.2 Å². The highest BCUT2D eigenvalue weighted by atomic mass is 16.5. The number of hydrogen-bond acceptors (Lipinski definition) is 4. The third kappa shape index (κ3) is 3.59. The maximum absolute atomic E-state index is 11.9. The number of anilines is 1. The van der Waals surface area contributed by atoms with Crippen LogP contribution in [0.15, 0.2) is 18.2 Å². The van der Waals surface area contributed by atoms with Crippen LogP contribution in [0.5, 0.6) is 5.75 Å². The summed E-state index contributed by atoms with van der Waals surface area (Å²) in [5, 5.41) is 2.74. The molecule has 112 valence electrons. The number of benzene rings is 1. The molecule has 6 heteroatoms. The Balaban J connectivity index is 1.88. The number of carbonyl (C=O) groups excluding carboxylic acids is 3. The monoisotopic (exact) mass is 290 g/mol. The van der Waals surface area contributed by atoms with Crippen molar-refractivity contribution in [3.63, 3.8) is 0 Å². The summed E-state index contributed by atoms with van der Waals surface area (Å²) in [5.74, 6) is 0.120. The number of methoxy groups -OCH3 is 1. The fourth-order valence-corrected chi connectivity index (χ4v) is 2.27. The van der Waals surface area contributed by atoms with Gasteiger partial charge in [-0.2, -0.15) is 0 Å². The van der Waals surface area contributed by atoms with Gasteiger partial charge < -0.3 is 10.1 Å². The van der Waals surface area contributed by atoms with E-state index in [-0.39, 0.29) is 43.5 Å². The van der Waals surface area contributed by atoms with E-state index in [0.29, 0.717) is 5.69 Å². The maximum Gasteiger partial charge on any atom is 0.229 e. The molecule has 1 fully saturated rings. The summed E-state index contributed by atoms with van der Waals surface area (Å²) in [7, 11) is 1.59. The quantitative estimate of drug-likeness (QED) is 0.833. The Kier molecular flexibility index (Phi) is 4.57. The Morgan fingerprint density at radius 1 is 1.29 bits per heavy atom. The van der Waals surface area contributed by atoms with Crippen molar-refractivity contribution in [2.45, 2.75) is 26.2 Å². The van der Waals surface area contributed by atoms with E-state index in [2.05, 4.69) is 5.32 Å². The largest absolute Gasteiger partial charge is 0.496 e. The number of nitrogens with one attached hydrogen (secondary N) is 1. The van der Waals surface area contributed by atoms with Gasteiger partial charge in [0.05, 0.1) is 7.11 Å². The lowest BCUT2D eigenvalue weighted by Crippen LogP contribution is -2.32. The summed E-state index contributed by atoms with van der Waals surface area (Å²) in [4.78, 5) is 35.9. The topological polar surface area (TPSA) is 75.7 Å². The van der Waals surface area contributed by atoms with Crippen LogP contribution in [0.25, 0.3) is 0 Å². The smallest absolute Gasteiger partial charge is 0.229 e. The van der Waals surface area contributed by atoms with E-state index in [9.17, 15) is 14.4 Å². The van der Waals surface area contributed by atoms with Gasteiger partial charge in [-0.05, 0) is 30.7 Å². The molecule has 0 unspecified atom stereocenters. The van der Waals surface area contributed by atoms with Gasteiger partial charge in [-0.1, -0.05) is 0 Å². The predicted octanol–water partition coefficient (Wildman–Crippen LogP) is 1.48. The summed E-state index contributed by atoms with van der Waals surface area (Å²) in [6, 6.07) is 5.33. The first-order chi connectivity index (χ1) is 10.0. The zero-order valence-corrected chi connectivity index (χ0v) is 12.1. The van der Waals surface area contributed by atoms with Crippen LogP contribution in [0, 0.1) is 6.92 Å². The minimum absolute atomic E-state index is 0.0998. The van der Waals surface area contributed by atoms with Crippen LogP contribution in [0.3, 0.4) is 0 Å². The molecule has 1 saturated heterocycles. The fourth-order valence-electron chi connectivity index (χ4n) is 2.27. The molecule has 2 rings (SSSR count). The zero-order chi connectivity index (χ0) is 15.4. The lowest BCUT2D eigenvalue weighted by atomic mass is 10.2. The van der Waals surface area contributed by atoms with Crippen molar-refractivity contribution >= 4 is 23.4 Å². The number of hydrogen-bond donors (Lipinski definition) is 1. The van der Waals surface area contributed by atoms with E-state index >= 15 is 0 Å². The third-order valence-corrected chi connectivity index (χ3v) is 3.40. The van der Waals surface area contributed by atoms with Gasteiger partial charge in [0.25, 0.3) is 0 Å². The Bertz CT molecular complexity index is 567. The highest BCUT2D eigenvalue weighted by Crippen LogP contribution is 2.21. The Morgan fingerprint density at radius 3 is 2.52 bits per heavy atom. The molecule has 3 amide bonds. The van der Waals surface area contributed by atoms with Crippen LogP contribution in [0.4, 0.5) is 5.69 Å². The van der Waals surface area contributed by atoms with Crippen molar-refractivity contribution in [2.24, 2.45) is 0 Å². The van der Waals surface area contributed by atoms with Gasteiger partial charge in [-0.3, -0.25) is 19.3 Å². The van der Waals surface area contributed by atoms with E-state index in [1.807, 2.05) is 13.0 Å². The molecule has 6 nitrogen and oxygen atoms in total. The molecule has 21 heavy (non-hydrogen) atoms. The molecule has 1 aliphatic heterocycles. The van der Waals surface area contributed by atoms with Gasteiger partial charge in [0, 0.05) is 31.5 Å². The van der Waals surface area contributed by atoms with Crippen molar-refractivity contribution in [3.05, 3.63) is 23.8 Å². The van der Waals surface area contributed by atoms with Crippen molar-refractivity contribution in [3.8, 4) is 5.75 Å². The van der Waals surface area contributed by atoms with Crippen LogP contribution in [-0.2, 0) is 14.4 Å². The van der Waals surface area contributed by atoms with Crippen molar-refractivity contribution in [1.29, 1.82) is 0 Å². The third-order valence-electron chi connectivity index (χ3n) is 3.40. The second kappa shape index (κ2) is 6.39. The molecule has 0 spiro atoms. The standard InChI is InChI=1S/C15H18N2O4/c1-10-9-11(3-4-12(10)21-2)16-13(18)7-8-17-14(19)5-6-15(17)20/h3-4,9H,5-8H2,1-2H3,(H,16,18). The van der Waals surface area contributed by atoms with E-state index < -0.39 is 0 Å². The van der Waals surface area contributed by atoms with Crippen molar-refractivity contribution in [2.75, 3.05) is 19.0 Å². The van der Waals surface area contributed by atoms with E-state index in [1.54, 1.807) is 19.2 Å². The summed E-state index contributed by atoms with van der Waals surface area (Å²) >= 11 is 0. The number of imide groups is 1. The minimum Gasteiger partial charge on any atom is -0.496 e. The van der Waals surface area contributed by atoms with Crippen LogP contribution >= 0.6 is 0 Å². The SMILES string of the molecule is COc1ccc(NC(=O)CCN2C(=O)CCC2=O)cc1C. The van der Waals surface area contributed by atoms with Gasteiger partial charge in [-0.15, -0.1) is 0 Å². The number of rotatable bonds is 5. The van der Waals surface area contributed by atoms with Gasteiger partial charge >= 0.3 is 0 Å². The van der Waals surface area contributed by atoms with Gasteiger partial charge in [0.1, 0.15) is 5.75 Å². The zero-order valence-electron chi connectivity index (χ0n) is 12.1. The molecule has 0 aliphatic carbocycles. The molecular weight excluding hydrogens is 272 g/mol. The molecule has 1 aromatic rings.